The van der Waals surface area contributed by atoms with Crippen LogP contribution in [-0.4, -0.2) is 49.5 Å². The van der Waals surface area contributed by atoms with Crippen LogP contribution in [0.15, 0.2) is 83.3 Å². The molecule has 0 saturated carbocycles. The zero-order chi connectivity index (χ0) is 32.7. The van der Waals surface area contributed by atoms with E-state index in [2.05, 4.69) is 21.2 Å². The fraction of sp³-hybridized carbons (Fsp3) is 0.375. The highest BCUT2D eigenvalue weighted by Gasteiger charge is 2.33. The Bertz CT molecular complexity index is 1530. The van der Waals surface area contributed by atoms with Crippen LogP contribution in [0.5, 0.6) is 0 Å². The molecule has 0 aliphatic carbocycles. The van der Waals surface area contributed by atoms with Crippen molar-refractivity contribution in [2.45, 2.75) is 64.3 Å². The van der Waals surface area contributed by atoms with Gasteiger partial charge in [-0.2, -0.15) is 13.2 Å². The SMILES string of the molecule is CC(C)(C)NC(=O)C(Cc1ccccc1)N(Cc1ccc(Br)cc1)C(=O)CCCN(c1cccc(C(F)(F)F)c1)S(C)(=O)=O. The fourth-order valence-electron chi connectivity index (χ4n) is 4.63. The number of benzene rings is 3. The van der Waals surface area contributed by atoms with Gasteiger partial charge in [-0.15, -0.1) is 0 Å². The highest BCUT2D eigenvalue weighted by atomic mass is 79.9. The number of hydrogen-bond donors (Lipinski definition) is 1. The minimum Gasteiger partial charge on any atom is -0.350 e. The Morgan fingerprint density at radius 1 is 0.909 bits per heavy atom. The number of hydrogen-bond acceptors (Lipinski definition) is 4. The van der Waals surface area contributed by atoms with Gasteiger partial charge in [0.25, 0.3) is 0 Å². The first-order chi connectivity index (χ1) is 20.4. The first kappa shape index (κ1) is 35.1. The Morgan fingerprint density at radius 3 is 2.11 bits per heavy atom. The first-order valence-corrected chi connectivity index (χ1v) is 16.6. The molecule has 0 aliphatic heterocycles. The number of sulfonamides is 1. The Morgan fingerprint density at radius 2 is 1.55 bits per heavy atom. The van der Waals surface area contributed by atoms with Crippen molar-refractivity contribution in [3.8, 4) is 0 Å². The van der Waals surface area contributed by atoms with E-state index < -0.39 is 39.3 Å². The Hall–Kier alpha value is -3.38. The molecule has 0 bridgehead atoms. The number of nitrogens with zero attached hydrogens (tertiary/aromatic N) is 2. The van der Waals surface area contributed by atoms with Gasteiger partial charge in [0.15, 0.2) is 0 Å². The van der Waals surface area contributed by atoms with E-state index in [9.17, 15) is 31.2 Å². The molecule has 0 radical (unpaired) electrons. The average molecular weight is 697 g/mol. The van der Waals surface area contributed by atoms with Crippen LogP contribution in [0.2, 0.25) is 0 Å². The molecule has 1 unspecified atom stereocenters. The molecule has 7 nitrogen and oxygen atoms in total. The van der Waals surface area contributed by atoms with Crippen LogP contribution < -0.4 is 9.62 Å². The maximum atomic E-state index is 13.9. The van der Waals surface area contributed by atoms with Crippen molar-refractivity contribution in [3.05, 3.63) is 100 Å². The molecule has 3 rings (SSSR count). The van der Waals surface area contributed by atoms with Crippen molar-refractivity contribution in [2.24, 2.45) is 0 Å². The lowest BCUT2D eigenvalue weighted by atomic mass is 10.00. The lowest BCUT2D eigenvalue weighted by molar-refractivity contribution is -0.142. The van der Waals surface area contributed by atoms with E-state index in [1.165, 1.54) is 11.0 Å². The molecule has 0 aromatic heterocycles. The molecule has 0 spiro atoms. The van der Waals surface area contributed by atoms with Gasteiger partial charge in [-0.05, 0) is 68.7 Å². The summed E-state index contributed by atoms with van der Waals surface area (Å²) in [6.45, 7) is 5.43. The molecule has 12 heteroatoms. The Balaban J connectivity index is 1.91. The molecule has 2 amide bonds. The summed E-state index contributed by atoms with van der Waals surface area (Å²) in [4.78, 5) is 29.1. The molecular formula is C32H37BrF3N3O4S. The molecule has 0 aliphatic rings. The van der Waals surface area contributed by atoms with Crippen molar-refractivity contribution in [1.29, 1.82) is 0 Å². The van der Waals surface area contributed by atoms with Gasteiger partial charge in [0, 0.05) is 35.9 Å². The molecule has 1 atom stereocenters. The van der Waals surface area contributed by atoms with Gasteiger partial charge < -0.3 is 10.2 Å². The van der Waals surface area contributed by atoms with Crippen molar-refractivity contribution in [2.75, 3.05) is 17.1 Å². The van der Waals surface area contributed by atoms with E-state index in [0.29, 0.717) is 0 Å². The topological polar surface area (TPSA) is 86.8 Å². The second-order valence-corrected chi connectivity index (χ2v) is 14.4. The molecule has 3 aromatic rings. The fourth-order valence-corrected chi connectivity index (χ4v) is 5.86. The molecule has 0 saturated heterocycles. The lowest BCUT2D eigenvalue weighted by Crippen LogP contribution is -2.54. The molecule has 0 heterocycles. The third-order valence-corrected chi connectivity index (χ3v) is 8.37. The Labute approximate surface area is 265 Å². The second-order valence-electron chi connectivity index (χ2n) is 11.6. The van der Waals surface area contributed by atoms with E-state index >= 15 is 0 Å². The van der Waals surface area contributed by atoms with Crippen molar-refractivity contribution in [3.63, 3.8) is 0 Å². The maximum absolute atomic E-state index is 13.9. The average Bonchev–Trinajstić information content (AvgIpc) is 2.92. The summed E-state index contributed by atoms with van der Waals surface area (Å²) in [5.41, 5.74) is -0.0610. The first-order valence-electron chi connectivity index (χ1n) is 14.0. The van der Waals surface area contributed by atoms with Crippen LogP contribution >= 0.6 is 15.9 Å². The summed E-state index contributed by atoms with van der Waals surface area (Å²) in [6.07, 6.45) is -3.63. The van der Waals surface area contributed by atoms with Crippen LogP contribution in [0.25, 0.3) is 0 Å². The normalized spacial score (nSPS) is 12.8. The minimum absolute atomic E-state index is 0.0118. The molecule has 0 fully saturated rings. The third kappa shape index (κ3) is 10.7. The van der Waals surface area contributed by atoms with Crippen molar-refractivity contribution >= 4 is 43.5 Å². The number of anilines is 1. The van der Waals surface area contributed by atoms with Gasteiger partial charge >= 0.3 is 6.18 Å². The van der Waals surface area contributed by atoms with Crippen LogP contribution in [0.3, 0.4) is 0 Å². The summed E-state index contributed by atoms with van der Waals surface area (Å²) in [5.74, 6) is -0.732. The number of alkyl halides is 3. The number of carbonyl (C=O) groups excluding carboxylic acids is 2. The third-order valence-electron chi connectivity index (χ3n) is 6.65. The summed E-state index contributed by atoms with van der Waals surface area (Å²) in [7, 11) is -3.97. The molecule has 1 N–H and O–H groups in total. The number of amides is 2. The predicted octanol–water partition coefficient (Wildman–Crippen LogP) is 6.57. The van der Waals surface area contributed by atoms with Gasteiger partial charge in [-0.3, -0.25) is 13.9 Å². The van der Waals surface area contributed by atoms with Crippen molar-refractivity contribution in [1.82, 2.24) is 10.2 Å². The highest BCUT2D eigenvalue weighted by Crippen LogP contribution is 2.32. The standard InChI is InChI=1S/C32H37BrF3N3O4S/c1-31(2,3)37-30(41)28(20-23-10-6-5-7-11-23)38(22-24-15-17-26(33)18-16-24)29(40)14-9-19-39(44(4,42)43)27-13-8-12-25(21-27)32(34,35)36/h5-8,10-13,15-18,21,28H,9,14,19-20,22H2,1-4H3,(H,37,41). The zero-order valence-electron chi connectivity index (χ0n) is 25.1. The van der Waals surface area contributed by atoms with Gasteiger partial charge in [0.05, 0.1) is 17.5 Å². The largest absolute Gasteiger partial charge is 0.416 e. The summed E-state index contributed by atoms with van der Waals surface area (Å²) >= 11 is 3.41. The van der Waals surface area contributed by atoms with E-state index in [4.69, 9.17) is 0 Å². The monoisotopic (exact) mass is 695 g/mol. The van der Waals surface area contributed by atoms with Crippen LogP contribution in [-0.2, 0) is 38.8 Å². The van der Waals surface area contributed by atoms with E-state index in [-0.39, 0.29) is 43.9 Å². The number of nitrogens with one attached hydrogen (secondary N) is 1. The molecule has 238 valence electrons. The minimum atomic E-state index is -4.65. The summed E-state index contributed by atoms with van der Waals surface area (Å²) in [6, 6.07) is 19.8. The van der Waals surface area contributed by atoms with Gasteiger partial charge in [0.1, 0.15) is 6.04 Å². The van der Waals surface area contributed by atoms with E-state index in [0.717, 1.165) is 44.4 Å². The summed E-state index contributed by atoms with van der Waals surface area (Å²) < 4.78 is 66.9. The van der Waals surface area contributed by atoms with Gasteiger partial charge in [-0.1, -0.05) is 64.5 Å². The van der Waals surface area contributed by atoms with Crippen LogP contribution in [0.4, 0.5) is 18.9 Å². The highest BCUT2D eigenvalue weighted by molar-refractivity contribution is 9.10. The lowest BCUT2D eigenvalue weighted by Gasteiger charge is -2.34. The smallest absolute Gasteiger partial charge is 0.350 e. The predicted molar refractivity (Wildman–Crippen MR) is 169 cm³/mol. The van der Waals surface area contributed by atoms with Crippen LogP contribution in [0, 0.1) is 0 Å². The quantitative estimate of drug-likeness (QED) is 0.232. The van der Waals surface area contributed by atoms with E-state index in [1.807, 2.05) is 75.4 Å². The van der Waals surface area contributed by atoms with E-state index in [1.54, 1.807) is 0 Å². The second kappa shape index (κ2) is 14.6. The van der Waals surface area contributed by atoms with Gasteiger partial charge in [0.2, 0.25) is 21.8 Å². The summed E-state index contributed by atoms with van der Waals surface area (Å²) in [5, 5.41) is 2.98. The maximum Gasteiger partial charge on any atom is 0.416 e. The number of halogens is 4. The zero-order valence-corrected chi connectivity index (χ0v) is 27.5. The molecule has 3 aromatic carbocycles. The van der Waals surface area contributed by atoms with Crippen molar-refractivity contribution < 1.29 is 31.2 Å². The molecule has 44 heavy (non-hydrogen) atoms. The number of carbonyl (C=O) groups is 2. The Kier molecular flexibility index (Phi) is 11.6. The van der Waals surface area contributed by atoms with Crippen LogP contribution in [0.1, 0.15) is 50.3 Å². The van der Waals surface area contributed by atoms with Gasteiger partial charge in [-0.25, -0.2) is 8.42 Å². The molecular weight excluding hydrogens is 659 g/mol. The number of rotatable bonds is 12.